The topological polar surface area (TPSA) is 55.1 Å². The lowest BCUT2D eigenvalue weighted by atomic mass is 10.0. The molecular formula is C15H17BrN2O2. The van der Waals surface area contributed by atoms with Crippen LogP contribution >= 0.6 is 15.9 Å². The number of hydrogen-bond acceptors (Lipinski definition) is 2. The maximum Gasteiger partial charge on any atom is 0.303 e. The molecule has 5 heteroatoms. The summed E-state index contributed by atoms with van der Waals surface area (Å²) in [5.74, 6) is -0.313. The first kappa shape index (κ1) is 14.8. The van der Waals surface area contributed by atoms with Crippen molar-refractivity contribution < 1.29 is 9.90 Å². The Morgan fingerprint density at radius 1 is 1.35 bits per heavy atom. The maximum atomic E-state index is 10.6. The van der Waals surface area contributed by atoms with Gasteiger partial charge in [0.1, 0.15) is 0 Å². The first-order valence-corrected chi connectivity index (χ1v) is 7.33. The Balaban J connectivity index is 2.20. The number of halogens is 1. The molecule has 1 heterocycles. The molecule has 0 saturated carbocycles. The fraction of sp³-hybridized carbons (Fsp3) is 0.333. The van der Waals surface area contributed by atoms with Crippen LogP contribution in [0.25, 0.3) is 5.69 Å². The summed E-state index contributed by atoms with van der Waals surface area (Å²) in [5.41, 5.74) is 3.02. The summed E-state index contributed by atoms with van der Waals surface area (Å²) in [6.07, 6.45) is 2.37. The molecule has 0 atom stereocenters. The smallest absolute Gasteiger partial charge is 0.303 e. The number of carboxylic acids is 1. The first-order chi connectivity index (χ1) is 9.47. The molecule has 0 fully saturated rings. The molecular weight excluding hydrogens is 320 g/mol. The van der Waals surface area contributed by atoms with Crippen LogP contribution in [-0.2, 0) is 11.2 Å². The van der Waals surface area contributed by atoms with Gasteiger partial charge >= 0.3 is 5.97 Å². The number of hydrogen-bond donors (Lipinski definition) is 1. The van der Waals surface area contributed by atoms with Gasteiger partial charge in [0, 0.05) is 12.6 Å². The van der Waals surface area contributed by atoms with Crippen molar-refractivity contribution in [2.24, 2.45) is 0 Å². The molecule has 0 amide bonds. The molecule has 1 N–H and O–H groups in total. The molecule has 0 aliphatic rings. The van der Waals surface area contributed by atoms with E-state index >= 15 is 0 Å². The van der Waals surface area contributed by atoms with Crippen molar-refractivity contribution in [3.8, 4) is 5.69 Å². The highest BCUT2D eigenvalue weighted by Crippen LogP contribution is 2.21. The number of carboxylic acid groups (broad SMARTS) is 1. The summed E-state index contributed by atoms with van der Waals surface area (Å²) < 4.78 is 2.61. The van der Waals surface area contributed by atoms with E-state index in [9.17, 15) is 4.79 Å². The third-order valence-electron chi connectivity index (χ3n) is 3.14. The van der Waals surface area contributed by atoms with Crippen LogP contribution in [0.5, 0.6) is 0 Å². The molecule has 106 valence electrons. The van der Waals surface area contributed by atoms with E-state index in [4.69, 9.17) is 5.11 Å². The predicted octanol–water partition coefficient (Wildman–Crippen LogP) is 3.78. The molecule has 2 aromatic rings. The monoisotopic (exact) mass is 336 g/mol. The third kappa shape index (κ3) is 3.48. The number of benzene rings is 1. The van der Waals surface area contributed by atoms with Crippen molar-refractivity contribution >= 4 is 21.9 Å². The van der Waals surface area contributed by atoms with Crippen molar-refractivity contribution in [2.75, 3.05) is 0 Å². The van der Waals surface area contributed by atoms with Crippen LogP contribution in [0.1, 0.15) is 37.4 Å². The fourth-order valence-electron chi connectivity index (χ4n) is 1.93. The zero-order valence-electron chi connectivity index (χ0n) is 11.5. The van der Waals surface area contributed by atoms with E-state index in [2.05, 4.69) is 47.0 Å². The summed E-state index contributed by atoms with van der Waals surface area (Å²) in [6, 6.07) is 8.23. The second-order valence-electron chi connectivity index (χ2n) is 5.01. The highest BCUT2D eigenvalue weighted by molar-refractivity contribution is 9.10. The SMILES string of the molecule is CC(C)c1ccc(-n2cc(Br)c(CCC(=O)O)n2)cc1. The van der Waals surface area contributed by atoms with Gasteiger partial charge in [0.2, 0.25) is 0 Å². The van der Waals surface area contributed by atoms with Gasteiger partial charge in [-0.2, -0.15) is 5.10 Å². The van der Waals surface area contributed by atoms with Gasteiger partial charge in [-0.1, -0.05) is 26.0 Å². The largest absolute Gasteiger partial charge is 0.481 e. The van der Waals surface area contributed by atoms with E-state index in [0.29, 0.717) is 12.3 Å². The van der Waals surface area contributed by atoms with Crippen molar-refractivity contribution in [3.63, 3.8) is 0 Å². The number of aryl methyl sites for hydroxylation is 1. The van der Waals surface area contributed by atoms with Crippen LogP contribution in [0.4, 0.5) is 0 Å². The molecule has 2 rings (SSSR count). The van der Waals surface area contributed by atoms with Crippen LogP contribution < -0.4 is 0 Å². The standard InChI is InChI=1S/C15H17BrN2O2/c1-10(2)11-3-5-12(6-4-11)18-9-13(16)14(17-18)7-8-15(19)20/h3-6,9-10H,7-8H2,1-2H3,(H,19,20). The van der Waals surface area contributed by atoms with Gasteiger partial charge < -0.3 is 5.11 Å². The van der Waals surface area contributed by atoms with Gasteiger partial charge in [-0.15, -0.1) is 0 Å². The molecule has 0 aliphatic carbocycles. The van der Waals surface area contributed by atoms with Crippen LogP contribution in [0.15, 0.2) is 34.9 Å². The van der Waals surface area contributed by atoms with Crippen LogP contribution in [0, 0.1) is 0 Å². The Morgan fingerprint density at radius 3 is 2.55 bits per heavy atom. The van der Waals surface area contributed by atoms with Gasteiger partial charge in [0.05, 0.1) is 22.3 Å². The molecule has 4 nitrogen and oxygen atoms in total. The van der Waals surface area contributed by atoms with Crippen LogP contribution in [0.3, 0.4) is 0 Å². The molecule has 0 radical (unpaired) electrons. The third-order valence-corrected chi connectivity index (χ3v) is 3.80. The van der Waals surface area contributed by atoms with Crippen molar-refractivity contribution in [1.29, 1.82) is 0 Å². The Morgan fingerprint density at radius 2 is 2.00 bits per heavy atom. The molecule has 1 aromatic heterocycles. The van der Waals surface area contributed by atoms with Gasteiger partial charge in [0.25, 0.3) is 0 Å². The molecule has 20 heavy (non-hydrogen) atoms. The van der Waals surface area contributed by atoms with Crippen LogP contribution in [-0.4, -0.2) is 20.9 Å². The number of rotatable bonds is 5. The highest BCUT2D eigenvalue weighted by atomic mass is 79.9. The number of carbonyl (C=O) groups is 1. The quantitative estimate of drug-likeness (QED) is 0.903. The van der Waals surface area contributed by atoms with Gasteiger partial charge in [-0.25, -0.2) is 4.68 Å². The highest BCUT2D eigenvalue weighted by Gasteiger charge is 2.10. The van der Waals surface area contributed by atoms with Crippen LogP contribution in [0.2, 0.25) is 0 Å². The molecule has 0 unspecified atom stereocenters. The summed E-state index contributed by atoms with van der Waals surface area (Å²) in [4.78, 5) is 10.6. The Kier molecular flexibility index (Phi) is 4.60. The van der Waals surface area contributed by atoms with E-state index in [1.165, 1.54) is 5.56 Å². The second kappa shape index (κ2) is 6.22. The minimum atomic E-state index is -0.812. The Labute approximate surface area is 126 Å². The molecule has 0 aliphatic heterocycles. The lowest BCUT2D eigenvalue weighted by molar-refractivity contribution is -0.136. The Bertz CT molecular complexity index is 603. The molecule has 1 aromatic carbocycles. The van der Waals surface area contributed by atoms with E-state index < -0.39 is 5.97 Å². The van der Waals surface area contributed by atoms with E-state index in [1.54, 1.807) is 4.68 Å². The van der Waals surface area contributed by atoms with E-state index in [1.807, 2.05) is 18.3 Å². The second-order valence-corrected chi connectivity index (χ2v) is 5.86. The normalized spacial score (nSPS) is 11.0. The van der Waals surface area contributed by atoms with Gasteiger partial charge in [0.15, 0.2) is 0 Å². The van der Waals surface area contributed by atoms with Crippen molar-refractivity contribution in [3.05, 3.63) is 46.2 Å². The summed E-state index contributed by atoms with van der Waals surface area (Å²) in [5, 5.41) is 13.2. The first-order valence-electron chi connectivity index (χ1n) is 6.53. The lowest BCUT2D eigenvalue weighted by Gasteiger charge is -2.06. The van der Waals surface area contributed by atoms with E-state index in [0.717, 1.165) is 15.9 Å². The van der Waals surface area contributed by atoms with Crippen molar-refractivity contribution in [1.82, 2.24) is 9.78 Å². The minimum absolute atomic E-state index is 0.0852. The van der Waals surface area contributed by atoms with Crippen molar-refractivity contribution in [2.45, 2.75) is 32.6 Å². The minimum Gasteiger partial charge on any atom is -0.481 e. The zero-order valence-corrected chi connectivity index (χ0v) is 13.1. The zero-order chi connectivity index (χ0) is 14.7. The number of nitrogens with zero attached hydrogens (tertiary/aromatic N) is 2. The predicted molar refractivity (Wildman–Crippen MR) is 81.3 cm³/mol. The molecule has 0 spiro atoms. The molecule has 0 saturated heterocycles. The summed E-state index contributed by atoms with van der Waals surface area (Å²) in [7, 11) is 0. The fourth-order valence-corrected chi connectivity index (χ4v) is 2.40. The summed E-state index contributed by atoms with van der Waals surface area (Å²) >= 11 is 3.43. The average molecular weight is 337 g/mol. The number of aromatic nitrogens is 2. The maximum absolute atomic E-state index is 10.6. The van der Waals surface area contributed by atoms with E-state index in [-0.39, 0.29) is 6.42 Å². The number of aliphatic carboxylic acids is 1. The van der Waals surface area contributed by atoms with Gasteiger partial charge in [-0.3, -0.25) is 4.79 Å². The van der Waals surface area contributed by atoms with Gasteiger partial charge in [-0.05, 0) is 39.5 Å². The lowest BCUT2D eigenvalue weighted by Crippen LogP contribution is -2.00. The summed E-state index contributed by atoms with van der Waals surface area (Å²) in [6.45, 7) is 4.31. The average Bonchev–Trinajstić information content (AvgIpc) is 2.78. The Hall–Kier alpha value is -1.62. The molecule has 0 bridgehead atoms.